The van der Waals surface area contributed by atoms with Gasteiger partial charge in [-0.3, -0.25) is 4.79 Å². The average molecular weight is 332 g/mol. The van der Waals surface area contributed by atoms with E-state index in [1.54, 1.807) is 43.8 Å². The Morgan fingerprint density at radius 3 is 2.35 bits per heavy atom. The highest BCUT2D eigenvalue weighted by atomic mass is 32.1. The maximum Gasteiger partial charge on any atom is 0.254 e. The number of amides is 1. The zero-order valence-corrected chi connectivity index (χ0v) is 14.1. The van der Waals surface area contributed by atoms with Gasteiger partial charge in [0.2, 0.25) is 0 Å². The van der Waals surface area contributed by atoms with Gasteiger partial charge in [0.05, 0.1) is 19.2 Å². The highest BCUT2D eigenvalue weighted by molar-refractivity contribution is 7.09. The molecule has 2 heterocycles. The summed E-state index contributed by atoms with van der Waals surface area (Å²) in [4.78, 5) is 19.0. The first-order valence-corrected chi connectivity index (χ1v) is 8.51. The molecule has 1 aromatic carbocycles. The van der Waals surface area contributed by atoms with Crippen LogP contribution in [0.25, 0.3) is 0 Å². The van der Waals surface area contributed by atoms with Crippen molar-refractivity contribution in [2.24, 2.45) is 0 Å². The Bertz CT molecular complexity index is 642. The average Bonchev–Trinajstić information content (AvgIpc) is 3.15. The third-order valence-corrected chi connectivity index (χ3v) is 5.12. The SMILES string of the molecule is COc1cc(OC)cc(C(=O)N2CCC(c3nccs3)CC2)c1. The number of hydrogen-bond acceptors (Lipinski definition) is 5. The fourth-order valence-corrected chi connectivity index (χ4v) is 3.69. The number of likely N-dealkylation sites (tertiary alicyclic amines) is 1. The Morgan fingerprint density at radius 1 is 1.17 bits per heavy atom. The van der Waals surface area contributed by atoms with E-state index in [-0.39, 0.29) is 5.91 Å². The zero-order chi connectivity index (χ0) is 16.2. The van der Waals surface area contributed by atoms with Gasteiger partial charge in [-0.05, 0) is 25.0 Å². The Kier molecular flexibility index (Phi) is 4.81. The van der Waals surface area contributed by atoms with E-state index in [1.165, 1.54) is 5.01 Å². The van der Waals surface area contributed by atoms with Gasteiger partial charge in [-0.25, -0.2) is 4.98 Å². The van der Waals surface area contributed by atoms with Crippen molar-refractivity contribution >= 4 is 17.2 Å². The number of carbonyl (C=O) groups excluding carboxylic acids is 1. The van der Waals surface area contributed by atoms with Crippen LogP contribution in [0.3, 0.4) is 0 Å². The van der Waals surface area contributed by atoms with E-state index in [1.807, 2.05) is 16.5 Å². The number of thiazole rings is 1. The summed E-state index contributed by atoms with van der Waals surface area (Å²) in [7, 11) is 3.17. The molecule has 0 unspecified atom stereocenters. The highest BCUT2D eigenvalue weighted by Gasteiger charge is 2.26. The van der Waals surface area contributed by atoms with E-state index in [4.69, 9.17) is 9.47 Å². The summed E-state index contributed by atoms with van der Waals surface area (Å²) in [5.74, 6) is 1.76. The molecule has 0 atom stereocenters. The van der Waals surface area contributed by atoms with Crippen LogP contribution in [0.4, 0.5) is 0 Å². The molecule has 5 nitrogen and oxygen atoms in total. The minimum absolute atomic E-state index is 0.0276. The molecule has 1 aromatic heterocycles. The van der Waals surface area contributed by atoms with Crippen molar-refractivity contribution in [1.82, 2.24) is 9.88 Å². The first-order chi connectivity index (χ1) is 11.2. The fourth-order valence-electron chi connectivity index (χ4n) is 2.88. The molecule has 2 aromatic rings. The Labute approximate surface area is 139 Å². The first kappa shape index (κ1) is 15.8. The van der Waals surface area contributed by atoms with E-state index < -0.39 is 0 Å². The van der Waals surface area contributed by atoms with E-state index in [9.17, 15) is 4.79 Å². The maximum absolute atomic E-state index is 12.7. The van der Waals surface area contributed by atoms with Crippen LogP contribution in [0.1, 0.15) is 34.1 Å². The van der Waals surface area contributed by atoms with Gasteiger partial charge >= 0.3 is 0 Å². The molecule has 0 radical (unpaired) electrons. The molecule has 0 N–H and O–H groups in total. The molecular formula is C17H20N2O3S. The zero-order valence-electron chi connectivity index (χ0n) is 13.3. The van der Waals surface area contributed by atoms with Crippen molar-refractivity contribution in [3.63, 3.8) is 0 Å². The number of nitrogens with zero attached hydrogens (tertiary/aromatic N) is 2. The number of methoxy groups -OCH3 is 2. The molecule has 0 aliphatic carbocycles. The lowest BCUT2D eigenvalue weighted by atomic mass is 9.97. The van der Waals surface area contributed by atoms with Crippen LogP contribution in [0.15, 0.2) is 29.8 Å². The van der Waals surface area contributed by atoms with Crippen LogP contribution in [-0.2, 0) is 0 Å². The molecule has 1 fully saturated rings. The fraction of sp³-hybridized carbons (Fsp3) is 0.412. The third kappa shape index (κ3) is 3.47. The summed E-state index contributed by atoms with van der Waals surface area (Å²) in [6.45, 7) is 1.51. The van der Waals surface area contributed by atoms with Crippen LogP contribution in [0.5, 0.6) is 11.5 Å². The predicted octanol–water partition coefficient (Wildman–Crippen LogP) is 3.18. The van der Waals surface area contributed by atoms with Crippen LogP contribution in [0.2, 0.25) is 0 Å². The second-order valence-corrected chi connectivity index (χ2v) is 6.46. The number of ether oxygens (including phenoxy) is 2. The molecule has 1 aliphatic rings. The molecule has 122 valence electrons. The molecule has 1 aliphatic heterocycles. The highest BCUT2D eigenvalue weighted by Crippen LogP contribution is 2.30. The minimum Gasteiger partial charge on any atom is -0.497 e. The molecule has 0 spiro atoms. The van der Waals surface area contributed by atoms with E-state index in [2.05, 4.69) is 4.98 Å². The van der Waals surface area contributed by atoms with E-state index >= 15 is 0 Å². The Balaban J connectivity index is 1.70. The number of benzene rings is 1. The summed E-state index contributed by atoms with van der Waals surface area (Å²) in [5.41, 5.74) is 0.605. The van der Waals surface area contributed by atoms with Crippen molar-refractivity contribution in [2.45, 2.75) is 18.8 Å². The van der Waals surface area contributed by atoms with Gasteiger partial charge in [0, 0.05) is 42.2 Å². The van der Waals surface area contributed by atoms with Crippen LogP contribution < -0.4 is 9.47 Å². The summed E-state index contributed by atoms with van der Waals surface area (Å²) in [6, 6.07) is 5.29. The van der Waals surface area contributed by atoms with Crippen LogP contribution >= 0.6 is 11.3 Å². The van der Waals surface area contributed by atoms with Crippen molar-refractivity contribution in [1.29, 1.82) is 0 Å². The molecule has 0 bridgehead atoms. The summed E-state index contributed by atoms with van der Waals surface area (Å²) in [6.07, 6.45) is 3.76. The first-order valence-electron chi connectivity index (χ1n) is 7.63. The lowest BCUT2D eigenvalue weighted by Gasteiger charge is -2.31. The largest absolute Gasteiger partial charge is 0.497 e. The normalized spacial score (nSPS) is 15.5. The van der Waals surface area contributed by atoms with Gasteiger partial charge in [-0.1, -0.05) is 0 Å². The minimum atomic E-state index is 0.0276. The number of hydrogen-bond donors (Lipinski definition) is 0. The second kappa shape index (κ2) is 7.00. The molecule has 3 rings (SSSR count). The monoisotopic (exact) mass is 332 g/mol. The van der Waals surface area contributed by atoms with Gasteiger partial charge < -0.3 is 14.4 Å². The van der Waals surface area contributed by atoms with Crippen molar-refractivity contribution in [2.75, 3.05) is 27.3 Å². The molecule has 1 saturated heterocycles. The van der Waals surface area contributed by atoms with E-state index in [0.29, 0.717) is 23.0 Å². The van der Waals surface area contributed by atoms with Gasteiger partial charge in [0.15, 0.2) is 0 Å². The van der Waals surface area contributed by atoms with Gasteiger partial charge in [0.1, 0.15) is 11.5 Å². The molecular weight excluding hydrogens is 312 g/mol. The quantitative estimate of drug-likeness (QED) is 0.863. The van der Waals surface area contributed by atoms with Crippen LogP contribution in [0, 0.1) is 0 Å². The lowest BCUT2D eigenvalue weighted by Crippen LogP contribution is -2.37. The molecule has 1 amide bonds. The number of aromatic nitrogens is 1. The second-order valence-electron chi connectivity index (χ2n) is 5.54. The number of rotatable bonds is 4. The van der Waals surface area contributed by atoms with E-state index in [0.717, 1.165) is 25.9 Å². The molecule has 6 heteroatoms. The van der Waals surface area contributed by atoms with Gasteiger partial charge in [-0.15, -0.1) is 11.3 Å². The summed E-state index contributed by atoms with van der Waals surface area (Å²) in [5, 5.41) is 3.19. The topological polar surface area (TPSA) is 51.7 Å². The van der Waals surface area contributed by atoms with Gasteiger partial charge in [0.25, 0.3) is 5.91 Å². The Hall–Kier alpha value is -2.08. The number of carbonyl (C=O) groups is 1. The Morgan fingerprint density at radius 2 is 1.83 bits per heavy atom. The summed E-state index contributed by atoms with van der Waals surface area (Å²) >= 11 is 1.70. The number of piperidine rings is 1. The standard InChI is InChI=1S/C17H20N2O3S/c1-21-14-9-13(10-15(11-14)22-2)17(20)19-6-3-12(4-7-19)16-18-5-8-23-16/h5,8-12H,3-4,6-7H2,1-2H3. The predicted molar refractivity (Wildman–Crippen MR) is 89.5 cm³/mol. The third-order valence-electron chi connectivity index (χ3n) is 4.18. The summed E-state index contributed by atoms with van der Waals surface area (Å²) < 4.78 is 10.5. The smallest absolute Gasteiger partial charge is 0.254 e. The van der Waals surface area contributed by atoms with Crippen molar-refractivity contribution in [3.05, 3.63) is 40.3 Å². The van der Waals surface area contributed by atoms with Crippen molar-refractivity contribution in [3.8, 4) is 11.5 Å². The maximum atomic E-state index is 12.7. The lowest BCUT2D eigenvalue weighted by molar-refractivity contribution is 0.0712. The molecule has 23 heavy (non-hydrogen) atoms. The van der Waals surface area contributed by atoms with Gasteiger partial charge in [-0.2, -0.15) is 0 Å². The van der Waals surface area contributed by atoms with Crippen molar-refractivity contribution < 1.29 is 14.3 Å². The molecule has 0 saturated carbocycles. The van der Waals surface area contributed by atoms with Crippen LogP contribution in [-0.4, -0.2) is 43.1 Å².